The van der Waals surface area contributed by atoms with Gasteiger partial charge in [-0.05, 0) is 161 Å². The van der Waals surface area contributed by atoms with E-state index < -0.39 is 155 Å². The SMILES string of the molecule is COc1ccc(C[C@@H]2NC(=O)[C@H](Cc3cnc[nH]3)NC(=O)[C@H](CC(=O)O)NC(=O)[C@H](CCc3c[nH]c4ccc(F)cc34)NC(=O)[C@H](Cc3c[nH]c4ccc(F)cc34)NC(=O)[C@@H](C)NC(=O)[C@H](CCCCN)NC(=O)[C@@H](NC(C)=O)CCc3cn(nn3)-c3ccc(cc3)C[C@@H](C(N)=O)NC(=O)[C@]3(C)CCCN3C2=O)cc1. The number of imidazole rings is 1. The number of carbonyl (C=O) groups excluding carboxylic acids is 11. The van der Waals surface area contributed by atoms with Crippen LogP contribution < -0.4 is 64.1 Å². The molecule has 10 atom stereocenters. The number of carbonyl (C=O) groups is 12. The van der Waals surface area contributed by atoms with Crippen molar-refractivity contribution in [2.24, 2.45) is 11.5 Å². The molecule has 0 spiro atoms. The van der Waals surface area contributed by atoms with E-state index in [1.54, 1.807) is 60.9 Å². The first-order valence-electron chi connectivity index (χ1n) is 36.0. The van der Waals surface area contributed by atoms with E-state index >= 15 is 23.6 Å². The van der Waals surface area contributed by atoms with Crippen molar-refractivity contribution in [3.8, 4) is 11.4 Å². The van der Waals surface area contributed by atoms with Gasteiger partial charge in [-0.2, -0.15) is 0 Å². The molecule has 4 bridgehead atoms. The van der Waals surface area contributed by atoms with Crippen LogP contribution in [0, 0.1) is 11.6 Å². The number of primary amides is 1. The van der Waals surface area contributed by atoms with Crippen LogP contribution in [0.25, 0.3) is 27.5 Å². The number of rotatable bonds is 18. The maximum absolute atomic E-state index is 15.4. The summed E-state index contributed by atoms with van der Waals surface area (Å²) in [4.78, 5) is 187. The molecule has 11 rings (SSSR count). The fourth-order valence-corrected chi connectivity index (χ4v) is 13.5. The molecule has 0 radical (unpaired) electrons. The van der Waals surface area contributed by atoms with E-state index in [2.05, 4.69) is 78.1 Å². The number of fused-ring (bicyclic) bond motifs is 31. The van der Waals surface area contributed by atoms with Crippen molar-refractivity contribution in [3.05, 3.63) is 161 Å². The number of hydrogen-bond acceptors (Lipinski definition) is 17. The number of benzene rings is 4. The lowest BCUT2D eigenvalue weighted by Gasteiger charge is -2.37. The number of carboxylic acid groups (broad SMARTS) is 1. The van der Waals surface area contributed by atoms with Crippen molar-refractivity contribution in [3.63, 3.8) is 0 Å². The highest BCUT2D eigenvalue weighted by Gasteiger charge is 2.49. The number of carboxylic acids is 1. The van der Waals surface area contributed by atoms with E-state index in [1.807, 2.05) is 0 Å². The van der Waals surface area contributed by atoms with Gasteiger partial charge in [0.2, 0.25) is 65.0 Å². The summed E-state index contributed by atoms with van der Waals surface area (Å²) in [6.07, 6.45) is 5.67. The summed E-state index contributed by atoms with van der Waals surface area (Å²) < 4.78 is 36.7. The Morgan fingerprint density at radius 1 is 0.682 bits per heavy atom. The van der Waals surface area contributed by atoms with E-state index in [0.717, 1.165) is 0 Å². The number of hydrogen-bond donors (Lipinski definition) is 15. The van der Waals surface area contributed by atoms with Gasteiger partial charge in [-0.25, -0.2) is 18.4 Å². The molecule has 8 aromatic rings. The van der Waals surface area contributed by atoms with Crippen molar-refractivity contribution in [1.29, 1.82) is 0 Å². The number of aliphatic carboxylic acids is 1. The third-order valence-electron chi connectivity index (χ3n) is 19.6. The van der Waals surface area contributed by atoms with Crippen molar-refractivity contribution < 1.29 is 76.2 Å². The normalized spacial score (nSPS) is 22.8. The Morgan fingerprint density at radius 3 is 1.93 bits per heavy atom. The smallest absolute Gasteiger partial charge is 0.305 e. The molecular weight excluding hydrogens is 1430 g/mol. The Balaban J connectivity index is 1.02. The summed E-state index contributed by atoms with van der Waals surface area (Å²) in [6.45, 7) is 4.23. The van der Waals surface area contributed by atoms with E-state index in [9.17, 15) is 47.9 Å². The Bertz CT molecular complexity index is 4680. The molecular formula is C75H89F2N19O14. The summed E-state index contributed by atoms with van der Waals surface area (Å²) >= 11 is 0. The van der Waals surface area contributed by atoms with Crippen LogP contribution in [-0.4, -0.2) is 196 Å². The molecule has 110 heavy (non-hydrogen) atoms. The molecule has 4 aromatic carbocycles. The molecule has 4 aromatic heterocycles. The van der Waals surface area contributed by atoms with Gasteiger partial charge in [0.05, 0.1) is 37.4 Å². The number of nitrogens with two attached hydrogens (primary N) is 2. The molecule has 0 unspecified atom stereocenters. The Hall–Kier alpha value is -12.4. The molecule has 17 N–H and O–H groups in total. The zero-order valence-corrected chi connectivity index (χ0v) is 60.9. The monoisotopic (exact) mass is 1520 g/mol. The zero-order valence-electron chi connectivity index (χ0n) is 60.9. The molecule has 1 saturated heterocycles. The third kappa shape index (κ3) is 20.6. The largest absolute Gasteiger partial charge is 0.497 e. The van der Waals surface area contributed by atoms with E-state index in [0.29, 0.717) is 74.9 Å². The second-order valence-electron chi connectivity index (χ2n) is 27.7. The number of aromatic nitrogens is 7. The molecule has 11 amide bonds. The molecule has 3 aliphatic rings. The number of H-pyrrole nitrogens is 3. The second-order valence-corrected chi connectivity index (χ2v) is 27.7. The lowest BCUT2D eigenvalue weighted by Crippen LogP contribution is -2.63. The number of aryl methyl sites for hydroxylation is 2. The van der Waals surface area contributed by atoms with Gasteiger partial charge in [0.15, 0.2) is 0 Å². The number of unbranched alkanes of at least 4 members (excludes halogenated alkanes) is 1. The number of nitrogens with zero attached hydrogens (tertiary/aromatic N) is 5. The Labute approximate surface area is 629 Å². The average Bonchev–Trinajstić information content (AvgIpc) is 1.59. The predicted molar refractivity (Wildman–Crippen MR) is 393 cm³/mol. The number of ether oxygens (including phenoxy) is 1. The van der Waals surface area contributed by atoms with E-state index in [1.165, 1.54) is 92.6 Å². The van der Waals surface area contributed by atoms with E-state index in [4.69, 9.17) is 16.2 Å². The maximum Gasteiger partial charge on any atom is 0.305 e. The molecule has 1 fully saturated rings. The highest BCUT2D eigenvalue weighted by atomic mass is 19.1. The summed E-state index contributed by atoms with van der Waals surface area (Å²) in [5.41, 5.74) is 14.0. The second kappa shape index (κ2) is 36.4. The molecule has 3 aliphatic heterocycles. The quantitative estimate of drug-likeness (QED) is 0.0420. The van der Waals surface area contributed by atoms with Crippen LogP contribution in [0.5, 0.6) is 5.75 Å². The van der Waals surface area contributed by atoms with Gasteiger partial charge in [0.25, 0.3) is 0 Å². The minimum atomic E-state index is -2.05. The summed E-state index contributed by atoms with van der Waals surface area (Å²) in [6, 6.07) is 6.93. The van der Waals surface area contributed by atoms with Gasteiger partial charge >= 0.3 is 5.97 Å². The van der Waals surface area contributed by atoms with Crippen molar-refractivity contribution in [2.75, 3.05) is 20.2 Å². The fourth-order valence-electron chi connectivity index (χ4n) is 13.5. The first kappa shape index (κ1) is 80.1. The fraction of sp³-hybridized carbons (Fsp3) is 0.400. The molecule has 0 saturated carbocycles. The van der Waals surface area contributed by atoms with Gasteiger partial charge in [-0.3, -0.25) is 57.5 Å². The van der Waals surface area contributed by atoms with Crippen molar-refractivity contribution >= 4 is 92.8 Å². The van der Waals surface area contributed by atoms with Gasteiger partial charge in [-0.15, -0.1) is 5.10 Å². The molecule has 0 aliphatic carbocycles. The van der Waals surface area contributed by atoms with Crippen LogP contribution in [0.2, 0.25) is 0 Å². The lowest BCUT2D eigenvalue weighted by molar-refractivity contribution is -0.147. The van der Waals surface area contributed by atoms with Gasteiger partial charge in [0.1, 0.15) is 77.3 Å². The van der Waals surface area contributed by atoms with Crippen LogP contribution in [0.1, 0.15) is 106 Å². The van der Waals surface area contributed by atoms with Crippen molar-refractivity contribution in [1.82, 2.24) is 87.7 Å². The van der Waals surface area contributed by atoms with Gasteiger partial charge in [-0.1, -0.05) is 29.5 Å². The molecule has 35 heteroatoms. The Morgan fingerprint density at radius 2 is 1.28 bits per heavy atom. The minimum absolute atomic E-state index is 0.00183. The summed E-state index contributed by atoms with van der Waals surface area (Å²) in [7, 11) is 1.46. The summed E-state index contributed by atoms with van der Waals surface area (Å²) in [5, 5.41) is 43.5. The van der Waals surface area contributed by atoms with Crippen LogP contribution >= 0.6 is 0 Å². The van der Waals surface area contributed by atoms with Crippen LogP contribution in [0.4, 0.5) is 8.78 Å². The van der Waals surface area contributed by atoms with Crippen LogP contribution in [0.3, 0.4) is 0 Å². The Kier molecular flexibility index (Phi) is 26.5. The minimum Gasteiger partial charge on any atom is -0.497 e. The highest BCUT2D eigenvalue weighted by molar-refractivity contribution is 6.01. The number of amides is 11. The molecule has 33 nitrogen and oxygen atoms in total. The third-order valence-corrected chi connectivity index (χ3v) is 19.6. The van der Waals surface area contributed by atoms with Gasteiger partial charge in [0, 0.05) is 85.2 Å². The average molecular weight is 1520 g/mol. The molecule has 7 heterocycles. The first-order chi connectivity index (χ1) is 52.6. The number of aromatic amines is 3. The van der Waals surface area contributed by atoms with Crippen LogP contribution in [-0.2, 0) is 96.1 Å². The van der Waals surface area contributed by atoms with Crippen LogP contribution in [0.15, 0.2) is 116 Å². The zero-order chi connectivity index (χ0) is 78.9. The van der Waals surface area contributed by atoms with E-state index in [-0.39, 0.29) is 82.1 Å². The highest BCUT2D eigenvalue weighted by Crippen LogP contribution is 2.32. The lowest BCUT2D eigenvalue weighted by atomic mass is 9.94. The standard InChI is InChI=1S/C75H89F2N19O14/c1-40-66(101)88-60(30-45-36-82-55-23-15-47(77)32-53(45)55)70(105)87-58(21-13-44-35-81-54-22-14-46(76)31-52(44)54)69(104)90-62(34-64(98)99)72(107)89-61(33-49-37-80-39-83-49)71(106)91-63(29-43-11-19-51(110-4)20-12-43)73(108)95-27-7-25-75(95,3)74(109)92-59(65(79)100)28-42-9-17-50(18-10-42)96-38-48(93-94-96)16-24-57(85-41(2)97)68(103)86-56(67(102)84-40)8-5-6-26-78/h9-12,14-15,17-20,22-23,31-32,35-40,56-63,81-82H,5-8,13,16,21,24-30,33-34,78H2,1-4H3,(H2,79,100)(H,80,83)(H,84,102)(H,85,97)(H,86,103)(H,87,105)(H,88,101)(H,89,107)(H,90,104)(H,91,106)(H,92,109)(H,98,99)/t40-,56+,57+,58+,59+,60+,61+,62+,63+,75+/m1/s1. The maximum atomic E-state index is 15.4. The van der Waals surface area contributed by atoms with Crippen molar-refractivity contribution in [2.45, 2.75) is 171 Å². The number of halogens is 2. The number of methoxy groups -OCH3 is 1. The molecule has 582 valence electrons. The summed E-state index contributed by atoms with van der Waals surface area (Å²) in [5.74, 6) is -12.5. The first-order valence-corrected chi connectivity index (χ1v) is 36.0. The topological polar surface area (TPSA) is 489 Å². The number of nitrogens with one attached hydrogen (secondary N) is 12. The van der Waals surface area contributed by atoms with Gasteiger partial charge < -0.3 is 89.0 Å². The predicted octanol–water partition coefficient (Wildman–Crippen LogP) is 0.962.